The lowest BCUT2D eigenvalue weighted by atomic mass is 9.94. The summed E-state index contributed by atoms with van der Waals surface area (Å²) in [6.07, 6.45) is 1.80. The van der Waals surface area contributed by atoms with Crippen LogP contribution in [-0.2, 0) is 11.2 Å². The molecule has 3 nitrogen and oxygen atoms in total. The molecule has 0 fully saturated rings. The lowest BCUT2D eigenvalue weighted by Crippen LogP contribution is -2.04. The van der Waals surface area contributed by atoms with Gasteiger partial charge in [0.15, 0.2) is 6.79 Å². The van der Waals surface area contributed by atoms with Gasteiger partial charge in [-0.15, -0.1) is 0 Å². The molecule has 0 saturated carbocycles. The zero-order valence-corrected chi connectivity index (χ0v) is 14.6. The van der Waals surface area contributed by atoms with Crippen LogP contribution in [0.2, 0.25) is 5.02 Å². The Kier molecular flexibility index (Phi) is 6.31. The first-order valence-electron chi connectivity index (χ1n) is 7.77. The van der Waals surface area contributed by atoms with Crippen LogP contribution in [0.25, 0.3) is 0 Å². The molecule has 0 amide bonds. The van der Waals surface area contributed by atoms with Crippen molar-refractivity contribution in [1.82, 2.24) is 0 Å². The lowest BCUT2D eigenvalue weighted by Gasteiger charge is -2.17. The van der Waals surface area contributed by atoms with Crippen LogP contribution < -0.4 is 4.74 Å². The van der Waals surface area contributed by atoms with Gasteiger partial charge >= 0.3 is 0 Å². The summed E-state index contributed by atoms with van der Waals surface area (Å²) in [4.78, 5) is 0. The van der Waals surface area contributed by atoms with Gasteiger partial charge in [-0.3, -0.25) is 0 Å². The van der Waals surface area contributed by atoms with E-state index in [1.165, 1.54) is 11.1 Å². The maximum atomic E-state index is 9.52. The van der Waals surface area contributed by atoms with E-state index < -0.39 is 0 Å². The highest BCUT2D eigenvalue weighted by Gasteiger charge is 2.12. The third-order valence-corrected chi connectivity index (χ3v) is 4.27. The molecule has 0 bridgehead atoms. The number of halogens is 1. The summed E-state index contributed by atoms with van der Waals surface area (Å²) >= 11 is 5.98. The van der Waals surface area contributed by atoms with Gasteiger partial charge in [0, 0.05) is 7.11 Å². The molecule has 4 heteroatoms. The Bertz CT molecular complexity index is 655. The largest absolute Gasteiger partial charge is 0.506 e. The van der Waals surface area contributed by atoms with Crippen molar-refractivity contribution in [2.75, 3.05) is 13.9 Å². The van der Waals surface area contributed by atoms with Gasteiger partial charge in [0.2, 0.25) is 0 Å². The van der Waals surface area contributed by atoms with Crippen LogP contribution in [0.15, 0.2) is 36.4 Å². The third kappa shape index (κ3) is 4.63. The van der Waals surface area contributed by atoms with Crippen molar-refractivity contribution in [3.63, 3.8) is 0 Å². The third-order valence-electron chi connectivity index (χ3n) is 3.97. The first-order valence-corrected chi connectivity index (χ1v) is 8.14. The molecule has 0 saturated heterocycles. The minimum Gasteiger partial charge on any atom is -0.506 e. The number of phenolic OH excluding ortho intramolecular Hbond substituents is 1. The Hall–Kier alpha value is -1.71. The standard InChI is InChI=1S/C19H23ClO3/c1-4-13(2)16-10-14(6-8-19(16)23-12-22-3)9-15-5-7-18(21)17(20)11-15/h5-8,10-11,13,21H,4,9,12H2,1-3H3. The summed E-state index contributed by atoms with van der Waals surface area (Å²) in [6, 6.07) is 11.5. The van der Waals surface area contributed by atoms with Gasteiger partial charge in [0.05, 0.1) is 5.02 Å². The van der Waals surface area contributed by atoms with Crippen molar-refractivity contribution in [3.05, 3.63) is 58.1 Å². The van der Waals surface area contributed by atoms with E-state index in [0.29, 0.717) is 10.9 Å². The topological polar surface area (TPSA) is 38.7 Å². The van der Waals surface area contributed by atoms with E-state index in [0.717, 1.165) is 24.2 Å². The molecule has 0 radical (unpaired) electrons. The molecule has 2 aromatic rings. The second-order valence-corrected chi connectivity index (χ2v) is 6.10. The van der Waals surface area contributed by atoms with Crippen molar-refractivity contribution in [3.8, 4) is 11.5 Å². The molecular formula is C19H23ClO3. The van der Waals surface area contributed by atoms with Gasteiger partial charge < -0.3 is 14.6 Å². The van der Waals surface area contributed by atoms with E-state index in [1.54, 1.807) is 19.2 Å². The molecule has 0 heterocycles. The fourth-order valence-corrected chi connectivity index (χ4v) is 2.67. The molecule has 0 aliphatic carbocycles. The summed E-state index contributed by atoms with van der Waals surface area (Å²) in [6.45, 7) is 4.60. The SMILES string of the molecule is CCC(C)c1cc(Cc2ccc(O)c(Cl)c2)ccc1OCOC. The maximum absolute atomic E-state index is 9.52. The quantitative estimate of drug-likeness (QED) is 0.713. The molecule has 1 N–H and O–H groups in total. The minimum atomic E-state index is 0.110. The van der Waals surface area contributed by atoms with Crippen LogP contribution in [0.4, 0.5) is 0 Å². The Morgan fingerprint density at radius 1 is 1.13 bits per heavy atom. The van der Waals surface area contributed by atoms with E-state index >= 15 is 0 Å². The molecule has 23 heavy (non-hydrogen) atoms. The van der Waals surface area contributed by atoms with Crippen molar-refractivity contribution in [1.29, 1.82) is 0 Å². The number of rotatable bonds is 7. The van der Waals surface area contributed by atoms with Crippen LogP contribution in [0.5, 0.6) is 11.5 Å². The summed E-state index contributed by atoms with van der Waals surface area (Å²) < 4.78 is 10.7. The molecule has 0 spiro atoms. The van der Waals surface area contributed by atoms with Gasteiger partial charge in [-0.25, -0.2) is 0 Å². The second-order valence-electron chi connectivity index (χ2n) is 5.69. The zero-order valence-electron chi connectivity index (χ0n) is 13.8. The van der Waals surface area contributed by atoms with Gasteiger partial charge in [-0.2, -0.15) is 0 Å². The van der Waals surface area contributed by atoms with E-state index in [1.807, 2.05) is 12.1 Å². The lowest BCUT2D eigenvalue weighted by molar-refractivity contribution is 0.0502. The van der Waals surface area contributed by atoms with E-state index in [9.17, 15) is 5.11 Å². The molecule has 0 aliphatic heterocycles. The average Bonchev–Trinajstić information content (AvgIpc) is 2.56. The number of hydrogen-bond donors (Lipinski definition) is 1. The predicted octanol–water partition coefficient (Wildman–Crippen LogP) is 5.13. The van der Waals surface area contributed by atoms with E-state index in [-0.39, 0.29) is 12.5 Å². The minimum absolute atomic E-state index is 0.110. The number of benzene rings is 2. The number of aromatic hydroxyl groups is 1. The Morgan fingerprint density at radius 3 is 2.48 bits per heavy atom. The van der Waals surface area contributed by atoms with Gasteiger partial charge in [0.25, 0.3) is 0 Å². The Balaban J connectivity index is 2.26. The van der Waals surface area contributed by atoms with Gasteiger partial charge in [-0.1, -0.05) is 43.6 Å². The van der Waals surface area contributed by atoms with Gasteiger partial charge in [0.1, 0.15) is 11.5 Å². The highest BCUT2D eigenvalue weighted by molar-refractivity contribution is 6.32. The highest BCUT2D eigenvalue weighted by Crippen LogP contribution is 2.31. The Morgan fingerprint density at radius 2 is 1.83 bits per heavy atom. The first-order chi connectivity index (χ1) is 11.0. The normalized spacial score (nSPS) is 12.2. The van der Waals surface area contributed by atoms with E-state index in [4.69, 9.17) is 21.1 Å². The molecule has 0 aliphatic rings. The molecule has 0 aromatic heterocycles. The van der Waals surface area contributed by atoms with Crippen molar-refractivity contribution in [2.24, 2.45) is 0 Å². The summed E-state index contributed by atoms with van der Waals surface area (Å²) in [5.74, 6) is 1.39. The molecule has 1 unspecified atom stereocenters. The highest BCUT2D eigenvalue weighted by atomic mass is 35.5. The van der Waals surface area contributed by atoms with E-state index in [2.05, 4.69) is 26.0 Å². The second kappa shape index (κ2) is 8.23. The number of phenols is 1. The predicted molar refractivity (Wildman–Crippen MR) is 93.6 cm³/mol. The summed E-state index contributed by atoms with van der Waals surface area (Å²) in [5, 5.41) is 9.90. The summed E-state index contributed by atoms with van der Waals surface area (Å²) in [5.41, 5.74) is 3.44. The number of hydrogen-bond acceptors (Lipinski definition) is 3. The van der Waals surface area contributed by atoms with Crippen LogP contribution in [0.3, 0.4) is 0 Å². The van der Waals surface area contributed by atoms with Crippen LogP contribution in [-0.4, -0.2) is 19.0 Å². The molecule has 2 rings (SSSR count). The number of methoxy groups -OCH3 is 1. The zero-order chi connectivity index (χ0) is 16.8. The monoisotopic (exact) mass is 334 g/mol. The first kappa shape index (κ1) is 17.6. The maximum Gasteiger partial charge on any atom is 0.188 e. The molecule has 124 valence electrons. The van der Waals surface area contributed by atoms with Crippen LogP contribution in [0, 0.1) is 0 Å². The summed E-state index contributed by atoms with van der Waals surface area (Å²) in [7, 11) is 1.62. The number of ether oxygens (including phenoxy) is 2. The van der Waals surface area contributed by atoms with Crippen molar-refractivity contribution in [2.45, 2.75) is 32.6 Å². The average molecular weight is 335 g/mol. The van der Waals surface area contributed by atoms with Crippen LogP contribution in [0.1, 0.15) is 42.9 Å². The fraction of sp³-hybridized carbons (Fsp3) is 0.368. The smallest absolute Gasteiger partial charge is 0.188 e. The fourth-order valence-electron chi connectivity index (χ4n) is 2.46. The van der Waals surface area contributed by atoms with Gasteiger partial charge in [-0.05, 0) is 53.6 Å². The van der Waals surface area contributed by atoms with Crippen molar-refractivity contribution >= 4 is 11.6 Å². The molecule has 1 atom stereocenters. The Labute approximate surface area is 142 Å². The van der Waals surface area contributed by atoms with Crippen molar-refractivity contribution < 1.29 is 14.6 Å². The molecule has 2 aromatic carbocycles. The van der Waals surface area contributed by atoms with Crippen LogP contribution >= 0.6 is 11.6 Å². The molecular weight excluding hydrogens is 312 g/mol.